The molecule has 1 unspecified atom stereocenters. The summed E-state index contributed by atoms with van der Waals surface area (Å²) in [5, 5.41) is 13.3. The summed E-state index contributed by atoms with van der Waals surface area (Å²) in [6.45, 7) is 0.245. The van der Waals surface area contributed by atoms with Gasteiger partial charge in [-0.1, -0.05) is 0 Å². The van der Waals surface area contributed by atoms with Crippen molar-refractivity contribution >= 4 is 0 Å². The molecule has 6 nitrogen and oxygen atoms in total. The molecule has 0 radical (unpaired) electrons. The molecule has 0 spiro atoms. The first-order valence-electron chi connectivity index (χ1n) is 4.46. The number of hydrogen-bond acceptors (Lipinski definition) is 5. The minimum absolute atomic E-state index is 0.0872. The summed E-state index contributed by atoms with van der Waals surface area (Å²) in [6.07, 6.45) is -0.757. The number of rotatable bonds is 5. The predicted octanol–water partition coefficient (Wildman–Crippen LogP) is -0.741. The monoisotopic (exact) mass is 214 g/mol. The average molecular weight is 214 g/mol. The molecule has 84 valence electrons. The maximum atomic E-state index is 11.3. The van der Waals surface area contributed by atoms with E-state index in [9.17, 15) is 9.90 Å². The highest BCUT2D eigenvalue weighted by molar-refractivity contribution is 5.05. The summed E-state index contributed by atoms with van der Waals surface area (Å²) in [4.78, 5) is 11.3. The maximum absolute atomic E-state index is 11.3. The Morgan fingerprint density at radius 1 is 1.53 bits per heavy atom. The standard InChI is InChI=1S/C9H14N2O4/c1-14-6-7(12)5-11-9(13)4-3-8(10-11)15-2/h3-4,7,12H,5-6H2,1-2H3. The first kappa shape index (κ1) is 11.7. The Kier molecular flexibility index (Phi) is 4.26. The normalized spacial score (nSPS) is 12.5. The molecule has 0 aliphatic heterocycles. The number of aliphatic hydroxyl groups is 1. The minimum atomic E-state index is -0.757. The van der Waals surface area contributed by atoms with E-state index in [1.165, 1.54) is 26.4 Å². The molecule has 0 fully saturated rings. The lowest BCUT2D eigenvalue weighted by Crippen LogP contribution is -2.30. The molecular weight excluding hydrogens is 200 g/mol. The van der Waals surface area contributed by atoms with Crippen LogP contribution in [0, 0.1) is 0 Å². The Hall–Kier alpha value is -1.40. The molecule has 1 atom stereocenters. The van der Waals surface area contributed by atoms with E-state index in [-0.39, 0.29) is 18.7 Å². The van der Waals surface area contributed by atoms with Gasteiger partial charge in [-0.2, -0.15) is 0 Å². The van der Waals surface area contributed by atoms with Gasteiger partial charge in [0.15, 0.2) is 0 Å². The first-order valence-corrected chi connectivity index (χ1v) is 4.46. The zero-order valence-electron chi connectivity index (χ0n) is 8.71. The van der Waals surface area contributed by atoms with Gasteiger partial charge >= 0.3 is 0 Å². The average Bonchev–Trinajstić information content (AvgIpc) is 2.21. The van der Waals surface area contributed by atoms with Gasteiger partial charge in [0.05, 0.1) is 26.4 Å². The van der Waals surface area contributed by atoms with Crippen molar-refractivity contribution in [3.63, 3.8) is 0 Å². The number of aliphatic hydroxyl groups excluding tert-OH is 1. The Balaban J connectivity index is 2.79. The van der Waals surface area contributed by atoms with Crippen LogP contribution in [0.15, 0.2) is 16.9 Å². The van der Waals surface area contributed by atoms with Crippen molar-refractivity contribution in [2.45, 2.75) is 12.6 Å². The zero-order valence-corrected chi connectivity index (χ0v) is 8.71. The molecule has 1 rings (SSSR count). The molecule has 0 aliphatic carbocycles. The molecule has 1 aromatic heterocycles. The summed E-state index contributed by atoms with van der Waals surface area (Å²) in [5.41, 5.74) is -0.286. The van der Waals surface area contributed by atoms with Crippen molar-refractivity contribution in [3.05, 3.63) is 22.5 Å². The largest absolute Gasteiger partial charge is 0.480 e. The van der Waals surface area contributed by atoms with Crippen LogP contribution < -0.4 is 10.3 Å². The number of aromatic nitrogens is 2. The minimum Gasteiger partial charge on any atom is -0.480 e. The van der Waals surface area contributed by atoms with E-state index < -0.39 is 6.10 Å². The number of hydrogen-bond donors (Lipinski definition) is 1. The van der Waals surface area contributed by atoms with Crippen LogP contribution in [0.2, 0.25) is 0 Å². The highest BCUT2D eigenvalue weighted by Gasteiger charge is 2.07. The summed E-state index contributed by atoms with van der Waals surface area (Å²) in [7, 11) is 2.94. The van der Waals surface area contributed by atoms with E-state index in [1.54, 1.807) is 0 Å². The SMILES string of the molecule is COCC(O)Cn1nc(OC)ccc1=O. The lowest BCUT2D eigenvalue weighted by molar-refractivity contribution is 0.0500. The molecule has 0 aliphatic rings. The van der Waals surface area contributed by atoms with Gasteiger partial charge in [0, 0.05) is 19.2 Å². The third kappa shape index (κ3) is 3.34. The highest BCUT2D eigenvalue weighted by atomic mass is 16.5. The van der Waals surface area contributed by atoms with Crippen molar-refractivity contribution < 1.29 is 14.6 Å². The van der Waals surface area contributed by atoms with Crippen LogP contribution in [0.5, 0.6) is 5.88 Å². The third-order valence-electron chi connectivity index (χ3n) is 1.79. The van der Waals surface area contributed by atoms with Crippen molar-refractivity contribution in [1.29, 1.82) is 0 Å². The van der Waals surface area contributed by atoms with Crippen molar-refractivity contribution in [1.82, 2.24) is 9.78 Å². The molecule has 1 heterocycles. The van der Waals surface area contributed by atoms with E-state index in [4.69, 9.17) is 9.47 Å². The van der Waals surface area contributed by atoms with E-state index in [0.29, 0.717) is 5.88 Å². The Labute approximate surface area is 87.1 Å². The fourth-order valence-electron chi connectivity index (χ4n) is 1.11. The molecule has 1 aromatic rings. The quantitative estimate of drug-likeness (QED) is 0.698. The van der Waals surface area contributed by atoms with E-state index >= 15 is 0 Å². The van der Waals surface area contributed by atoms with Gasteiger partial charge in [-0.05, 0) is 0 Å². The van der Waals surface area contributed by atoms with Gasteiger partial charge in [0.2, 0.25) is 5.88 Å². The van der Waals surface area contributed by atoms with Crippen molar-refractivity contribution in [2.24, 2.45) is 0 Å². The molecular formula is C9H14N2O4. The van der Waals surface area contributed by atoms with Gasteiger partial charge < -0.3 is 14.6 Å². The Morgan fingerprint density at radius 3 is 2.87 bits per heavy atom. The summed E-state index contributed by atoms with van der Waals surface area (Å²) in [5.74, 6) is 0.333. The summed E-state index contributed by atoms with van der Waals surface area (Å²) >= 11 is 0. The van der Waals surface area contributed by atoms with Crippen molar-refractivity contribution in [2.75, 3.05) is 20.8 Å². The van der Waals surface area contributed by atoms with E-state index in [1.807, 2.05) is 0 Å². The lowest BCUT2D eigenvalue weighted by atomic mass is 10.4. The fourth-order valence-corrected chi connectivity index (χ4v) is 1.11. The van der Waals surface area contributed by atoms with Gasteiger partial charge in [-0.25, -0.2) is 4.68 Å². The highest BCUT2D eigenvalue weighted by Crippen LogP contribution is 1.99. The molecule has 15 heavy (non-hydrogen) atoms. The van der Waals surface area contributed by atoms with Crippen LogP contribution in [-0.2, 0) is 11.3 Å². The predicted molar refractivity (Wildman–Crippen MR) is 52.9 cm³/mol. The fraction of sp³-hybridized carbons (Fsp3) is 0.556. The molecule has 1 N–H and O–H groups in total. The zero-order chi connectivity index (χ0) is 11.3. The molecule has 0 amide bonds. The third-order valence-corrected chi connectivity index (χ3v) is 1.79. The number of nitrogens with zero attached hydrogens (tertiary/aromatic N) is 2. The van der Waals surface area contributed by atoms with Crippen LogP contribution >= 0.6 is 0 Å². The van der Waals surface area contributed by atoms with Crippen LogP contribution in [0.3, 0.4) is 0 Å². The van der Waals surface area contributed by atoms with Crippen LogP contribution in [0.1, 0.15) is 0 Å². The number of ether oxygens (including phenoxy) is 2. The Morgan fingerprint density at radius 2 is 2.27 bits per heavy atom. The van der Waals surface area contributed by atoms with Crippen molar-refractivity contribution in [3.8, 4) is 5.88 Å². The second-order valence-corrected chi connectivity index (χ2v) is 3.01. The first-order chi connectivity index (χ1) is 7.17. The second-order valence-electron chi connectivity index (χ2n) is 3.01. The molecule has 0 saturated carbocycles. The van der Waals surface area contributed by atoms with Gasteiger partial charge in [0.25, 0.3) is 5.56 Å². The molecule has 0 saturated heterocycles. The van der Waals surface area contributed by atoms with Crippen LogP contribution in [-0.4, -0.2) is 41.8 Å². The maximum Gasteiger partial charge on any atom is 0.267 e. The van der Waals surface area contributed by atoms with Crippen LogP contribution in [0.4, 0.5) is 0 Å². The topological polar surface area (TPSA) is 73.6 Å². The summed E-state index contributed by atoms with van der Waals surface area (Å²) < 4.78 is 10.8. The van der Waals surface area contributed by atoms with E-state index in [2.05, 4.69) is 5.10 Å². The number of methoxy groups -OCH3 is 2. The molecule has 0 bridgehead atoms. The summed E-state index contributed by atoms with van der Waals surface area (Å²) in [6, 6.07) is 2.81. The van der Waals surface area contributed by atoms with Crippen LogP contribution in [0.25, 0.3) is 0 Å². The van der Waals surface area contributed by atoms with E-state index in [0.717, 1.165) is 4.68 Å². The molecule has 6 heteroatoms. The Bertz CT molecular complexity index is 363. The van der Waals surface area contributed by atoms with Gasteiger partial charge in [-0.3, -0.25) is 4.79 Å². The smallest absolute Gasteiger partial charge is 0.267 e. The van der Waals surface area contributed by atoms with Gasteiger partial charge in [0.1, 0.15) is 0 Å². The second kappa shape index (κ2) is 5.47. The lowest BCUT2D eigenvalue weighted by Gasteiger charge is -2.10. The molecule has 0 aromatic carbocycles. The van der Waals surface area contributed by atoms with Gasteiger partial charge in [-0.15, -0.1) is 5.10 Å².